The third-order valence-electron chi connectivity index (χ3n) is 2.03. The molecule has 0 aromatic carbocycles. The van der Waals surface area contributed by atoms with Crippen LogP contribution in [0.5, 0.6) is 0 Å². The number of carbonyl (C=O) groups excluding carboxylic acids is 1. The summed E-state index contributed by atoms with van der Waals surface area (Å²) in [6, 6.07) is 4.85. The Bertz CT molecular complexity index is 498. The molecule has 0 spiro atoms. The highest BCUT2D eigenvalue weighted by atomic mass is 19.3. The molecule has 108 valence electrons. The lowest BCUT2D eigenvalue weighted by atomic mass is 10.3. The number of carbonyl (C=O) groups is 1. The van der Waals surface area contributed by atoms with Crippen molar-refractivity contribution in [1.29, 1.82) is 0 Å². The molecule has 0 aliphatic carbocycles. The molecule has 1 aromatic heterocycles. The molecule has 0 aliphatic rings. The Morgan fingerprint density at radius 1 is 1.50 bits per heavy atom. The van der Waals surface area contributed by atoms with Crippen LogP contribution >= 0.6 is 0 Å². The lowest BCUT2D eigenvalue weighted by molar-refractivity contribution is -0.117. The van der Waals surface area contributed by atoms with E-state index in [1.54, 1.807) is 18.2 Å². The minimum absolute atomic E-state index is 0.0407. The number of nitrogens with one attached hydrogen (secondary N) is 1. The molecule has 0 aliphatic heterocycles. The summed E-state index contributed by atoms with van der Waals surface area (Å²) < 4.78 is 28.2. The lowest BCUT2D eigenvalue weighted by Crippen LogP contribution is -2.16. The van der Waals surface area contributed by atoms with Crippen LogP contribution in [-0.4, -0.2) is 42.2 Å². The van der Waals surface area contributed by atoms with Gasteiger partial charge in [0.1, 0.15) is 24.7 Å². The minimum atomic E-state index is -2.54. The van der Waals surface area contributed by atoms with Crippen LogP contribution in [0.3, 0.4) is 0 Å². The molecule has 1 amide bonds. The number of hydrogen-bond acceptors (Lipinski definition) is 4. The number of hydrogen-bond donors (Lipinski definition) is 2. The summed E-state index contributed by atoms with van der Waals surface area (Å²) in [5, 5.41) is 11.1. The van der Waals surface area contributed by atoms with Gasteiger partial charge in [-0.3, -0.25) is 4.79 Å². The Morgan fingerprint density at radius 2 is 2.30 bits per heavy atom. The van der Waals surface area contributed by atoms with Crippen LogP contribution in [0.4, 0.5) is 14.6 Å². The Balaban J connectivity index is 2.41. The maximum Gasteiger partial charge on any atom is 0.261 e. The van der Waals surface area contributed by atoms with Crippen molar-refractivity contribution in [3.05, 3.63) is 23.9 Å². The molecule has 2 N–H and O–H groups in total. The van der Waals surface area contributed by atoms with Crippen molar-refractivity contribution in [3.63, 3.8) is 0 Å². The van der Waals surface area contributed by atoms with E-state index in [-0.39, 0.29) is 25.5 Å². The topological polar surface area (TPSA) is 71.5 Å². The second-order valence-corrected chi connectivity index (χ2v) is 3.63. The van der Waals surface area contributed by atoms with Crippen LogP contribution in [0.15, 0.2) is 18.2 Å². The SMILES string of the molecule is O=C(CCOCC(F)F)Nc1cccc(C#CCO)n1. The van der Waals surface area contributed by atoms with Crippen LogP contribution in [0.25, 0.3) is 0 Å². The van der Waals surface area contributed by atoms with Gasteiger partial charge in [0.25, 0.3) is 6.43 Å². The van der Waals surface area contributed by atoms with Gasteiger partial charge in [-0.05, 0) is 18.1 Å². The molecule has 0 bridgehead atoms. The van der Waals surface area contributed by atoms with Crippen molar-refractivity contribution in [2.24, 2.45) is 0 Å². The first-order chi connectivity index (χ1) is 9.61. The van der Waals surface area contributed by atoms with Crippen LogP contribution in [0.2, 0.25) is 0 Å². The summed E-state index contributed by atoms with van der Waals surface area (Å²) in [7, 11) is 0. The van der Waals surface area contributed by atoms with E-state index in [2.05, 4.69) is 26.9 Å². The van der Waals surface area contributed by atoms with Crippen LogP contribution in [-0.2, 0) is 9.53 Å². The molecule has 1 heterocycles. The van der Waals surface area contributed by atoms with Gasteiger partial charge in [0.2, 0.25) is 5.91 Å². The number of ether oxygens (including phenoxy) is 1. The second kappa shape index (κ2) is 8.96. The van der Waals surface area contributed by atoms with Gasteiger partial charge < -0.3 is 15.2 Å². The molecule has 0 fully saturated rings. The van der Waals surface area contributed by atoms with Crippen molar-refractivity contribution >= 4 is 11.7 Å². The average molecular weight is 284 g/mol. The fourth-order valence-electron chi connectivity index (χ4n) is 1.25. The molecule has 20 heavy (non-hydrogen) atoms. The quantitative estimate of drug-likeness (QED) is 0.605. The van der Waals surface area contributed by atoms with Gasteiger partial charge in [0, 0.05) is 0 Å². The predicted octanol–water partition coefficient (Wildman–Crippen LogP) is 1.04. The van der Waals surface area contributed by atoms with E-state index in [1.165, 1.54) is 0 Å². The van der Waals surface area contributed by atoms with E-state index in [9.17, 15) is 13.6 Å². The van der Waals surface area contributed by atoms with Crippen molar-refractivity contribution in [2.75, 3.05) is 25.1 Å². The second-order valence-electron chi connectivity index (χ2n) is 3.63. The fourth-order valence-corrected chi connectivity index (χ4v) is 1.25. The van der Waals surface area contributed by atoms with Gasteiger partial charge in [-0.15, -0.1) is 0 Å². The maximum absolute atomic E-state index is 11.8. The first-order valence-electron chi connectivity index (χ1n) is 5.84. The van der Waals surface area contributed by atoms with Crippen molar-refractivity contribution in [1.82, 2.24) is 4.98 Å². The number of aromatic nitrogens is 1. The molecule has 1 rings (SSSR count). The number of aliphatic hydroxyl groups excluding tert-OH is 1. The highest BCUT2D eigenvalue weighted by Crippen LogP contribution is 2.04. The molecule has 7 heteroatoms. The van der Waals surface area contributed by atoms with Gasteiger partial charge in [-0.1, -0.05) is 12.0 Å². The summed E-state index contributed by atoms with van der Waals surface area (Å²) in [5.74, 6) is 4.95. The number of anilines is 1. The number of halogens is 2. The summed E-state index contributed by atoms with van der Waals surface area (Å²) in [5.41, 5.74) is 0.408. The Kier molecular flexibility index (Phi) is 7.17. The number of aliphatic hydroxyl groups is 1. The molecule has 0 radical (unpaired) electrons. The molecular formula is C13H14F2N2O3. The monoisotopic (exact) mass is 284 g/mol. The zero-order valence-corrected chi connectivity index (χ0v) is 10.6. The standard InChI is InChI=1S/C13H14F2N2O3/c14-11(15)9-20-8-6-13(19)17-12-5-1-3-10(16-12)4-2-7-18/h1,3,5,11,18H,6-9H2,(H,16,17,19). The first kappa shape index (κ1) is 16.0. The number of alkyl halides is 2. The third kappa shape index (κ3) is 6.78. The van der Waals surface area contributed by atoms with Crippen molar-refractivity contribution < 1.29 is 23.4 Å². The van der Waals surface area contributed by atoms with Crippen molar-refractivity contribution in [3.8, 4) is 11.8 Å². The number of rotatable bonds is 6. The Morgan fingerprint density at radius 3 is 3.00 bits per heavy atom. The summed E-state index contributed by atoms with van der Waals surface area (Å²) >= 11 is 0. The summed E-state index contributed by atoms with van der Waals surface area (Å²) in [6.07, 6.45) is -2.58. The smallest absolute Gasteiger partial charge is 0.261 e. The third-order valence-corrected chi connectivity index (χ3v) is 2.03. The molecular weight excluding hydrogens is 270 g/mol. The molecule has 5 nitrogen and oxygen atoms in total. The zero-order chi connectivity index (χ0) is 14.8. The Hall–Kier alpha value is -2.04. The molecule has 0 unspecified atom stereocenters. The van der Waals surface area contributed by atoms with Gasteiger partial charge in [-0.25, -0.2) is 13.8 Å². The van der Waals surface area contributed by atoms with E-state index in [1.807, 2.05) is 0 Å². The highest BCUT2D eigenvalue weighted by Gasteiger charge is 2.06. The summed E-state index contributed by atoms with van der Waals surface area (Å²) in [4.78, 5) is 15.5. The molecule has 0 atom stereocenters. The van der Waals surface area contributed by atoms with E-state index in [0.29, 0.717) is 11.5 Å². The van der Waals surface area contributed by atoms with Gasteiger partial charge >= 0.3 is 0 Å². The van der Waals surface area contributed by atoms with Gasteiger partial charge in [0.15, 0.2) is 0 Å². The number of amides is 1. The Labute approximate surface area is 115 Å². The largest absolute Gasteiger partial charge is 0.384 e. The summed E-state index contributed by atoms with van der Waals surface area (Å²) in [6.45, 7) is -1.04. The van der Waals surface area contributed by atoms with Gasteiger partial charge in [0.05, 0.1) is 13.0 Å². The first-order valence-corrected chi connectivity index (χ1v) is 5.84. The van der Waals surface area contributed by atoms with E-state index >= 15 is 0 Å². The highest BCUT2D eigenvalue weighted by molar-refractivity contribution is 5.89. The maximum atomic E-state index is 11.8. The number of pyridine rings is 1. The van der Waals surface area contributed by atoms with Crippen LogP contribution < -0.4 is 5.32 Å². The molecule has 0 saturated carbocycles. The number of nitrogens with zero attached hydrogens (tertiary/aromatic N) is 1. The zero-order valence-electron chi connectivity index (χ0n) is 10.6. The minimum Gasteiger partial charge on any atom is -0.384 e. The fraction of sp³-hybridized carbons (Fsp3) is 0.385. The predicted molar refractivity (Wildman–Crippen MR) is 68.3 cm³/mol. The van der Waals surface area contributed by atoms with E-state index in [0.717, 1.165) is 0 Å². The molecule has 0 saturated heterocycles. The van der Waals surface area contributed by atoms with E-state index < -0.39 is 13.0 Å². The van der Waals surface area contributed by atoms with Crippen LogP contribution in [0, 0.1) is 11.8 Å². The van der Waals surface area contributed by atoms with Crippen LogP contribution in [0.1, 0.15) is 12.1 Å². The van der Waals surface area contributed by atoms with E-state index in [4.69, 9.17) is 5.11 Å². The van der Waals surface area contributed by atoms with Crippen molar-refractivity contribution in [2.45, 2.75) is 12.8 Å². The normalized spacial score (nSPS) is 10.0. The molecule has 1 aromatic rings. The average Bonchev–Trinajstić information content (AvgIpc) is 2.41. The van der Waals surface area contributed by atoms with Gasteiger partial charge in [-0.2, -0.15) is 0 Å². The lowest BCUT2D eigenvalue weighted by Gasteiger charge is -2.05.